The Labute approximate surface area is 455 Å². The number of rotatable bonds is 11. The van der Waals surface area contributed by atoms with Crippen molar-refractivity contribution in [3.63, 3.8) is 0 Å². The number of aryl methyl sites for hydroxylation is 3. The average molecular weight is 1180 g/mol. The molecular weight excluding hydrogens is 1130 g/mol. The second-order valence-corrected chi connectivity index (χ2v) is 18.9. The van der Waals surface area contributed by atoms with E-state index < -0.39 is 68.8 Å². The van der Waals surface area contributed by atoms with Crippen molar-refractivity contribution in [1.29, 1.82) is 0 Å². The van der Waals surface area contributed by atoms with Crippen molar-refractivity contribution in [2.75, 3.05) is 33.3 Å². The number of nitrogens with one attached hydrogen (secondary N) is 2. The zero-order valence-electron chi connectivity index (χ0n) is 42.3. The number of carboxylic acid groups (broad SMARTS) is 1. The largest absolute Gasteiger partial charge is 0.481 e. The number of halogens is 14. The van der Waals surface area contributed by atoms with Gasteiger partial charge in [0, 0.05) is 38.4 Å². The lowest BCUT2D eigenvalue weighted by Crippen LogP contribution is -2.47. The SMILES string of the molecule is C=CC(=O)OC.Cc1[nH]nc(C(F)(F)F)c1Cl.Cc1c(Cl)c(C(F)(F)F)nn1CCC(=O)N1CCC(O)(Cc2ccc(F)cc2)CC1.Cc1c(Cl)c(C(F)(F)F)nn1CCC(=O)O.OC1(Cc2ccc(F)cc2)CCNCC1. The molecule has 5 aromatic rings. The molecule has 15 nitrogen and oxygen atoms in total. The predicted molar refractivity (Wildman–Crippen MR) is 264 cm³/mol. The van der Waals surface area contributed by atoms with E-state index >= 15 is 0 Å². The lowest BCUT2D eigenvalue weighted by Gasteiger charge is -2.38. The minimum atomic E-state index is -4.65. The van der Waals surface area contributed by atoms with E-state index in [0.717, 1.165) is 52.5 Å². The van der Waals surface area contributed by atoms with Crippen molar-refractivity contribution < 1.29 is 82.7 Å². The van der Waals surface area contributed by atoms with Gasteiger partial charge in [-0.25, -0.2) is 13.6 Å². The first-order chi connectivity index (χ1) is 36.1. The summed E-state index contributed by atoms with van der Waals surface area (Å²) >= 11 is 16.5. The molecule has 2 fully saturated rings. The van der Waals surface area contributed by atoms with E-state index in [0.29, 0.717) is 38.8 Å². The number of piperidine rings is 2. The molecule has 78 heavy (non-hydrogen) atoms. The van der Waals surface area contributed by atoms with E-state index in [4.69, 9.17) is 39.9 Å². The zero-order valence-corrected chi connectivity index (χ0v) is 44.5. The number of likely N-dealkylation sites (tertiary alicyclic amines) is 1. The predicted octanol–water partition coefficient (Wildman–Crippen LogP) is 10.5. The van der Waals surface area contributed by atoms with Crippen molar-refractivity contribution in [3.8, 4) is 0 Å². The highest BCUT2D eigenvalue weighted by molar-refractivity contribution is 6.32. The van der Waals surface area contributed by atoms with E-state index in [1.165, 1.54) is 52.1 Å². The summed E-state index contributed by atoms with van der Waals surface area (Å²) < 4.78 is 143. The van der Waals surface area contributed by atoms with E-state index in [1.54, 1.807) is 29.2 Å². The number of esters is 1. The molecule has 5 heterocycles. The summed E-state index contributed by atoms with van der Waals surface area (Å²) in [5.41, 5.74) is -2.69. The van der Waals surface area contributed by atoms with E-state index in [1.807, 2.05) is 0 Å². The van der Waals surface area contributed by atoms with Gasteiger partial charge in [0.2, 0.25) is 5.91 Å². The van der Waals surface area contributed by atoms with Crippen LogP contribution in [0.4, 0.5) is 48.3 Å². The number of carbonyl (C=O) groups excluding carboxylic acids is 2. The van der Waals surface area contributed by atoms with E-state index in [9.17, 15) is 72.9 Å². The molecule has 5 N–H and O–H groups in total. The van der Waals surface area contributed by atoms with Crippen LogP contribution in [0.1, 0.15) is 83.8 Å². The summed E-state index contributed by atoms with van der Waals surface area (Å²) in [7, 11) is 1.31. The number of carboxylic acids is 1. The smallest absolute Gasteiger partial charge is 0.436 e. The second kappa shape index (κ2) is 28.9. The van der Waals surface area contributed by atoms with Crippen molar-refractivity contribution in [3.05, 3.63) is 133 Å². The van der Waals surface area contributed by atoms with Crippen LogP contribution < -0.4 is 5.32 Å². The van der Waals surface area contributed by atoms with Crippen LogP contribution in [0, 0.1) is 32.4 Å². The summed E-state index contributed by atoms with van der Waals surface area (Å²) in [5, 5.41) is 43.2. The number of amides is 1. The Morgan fingerprint density at radius 3 is 1.38 bits per heavy atom. The number of carbonyl (C=O) groups is 3. The van der Waals surface area contributed by atoms with Crippen LogP contribution in [0.2, 0.25) is 15.1 Å². The molecule has 0 saturated carbocycles. The summed E-state index contributed by atoms with van der Waals surface area (Å²) in [4.78, 5) is 34.2. The second-order valence-electron chi connectivity index (χ2n) is 17.8. The normalized spacial score (nSPS) is 14.9. The van der Waals surface area contributed by atoms with Crippen molar-refractivity contribution >= 4 is 52.6 Å². The monoisotopic (exact) mass is 1180 g/mol. The van der Waals surface area contributed by atoms with Crippen molar-refractivity contribution in [2.24, 2.45) is 0 Å². The zero-order chi connectivity index (χ0) is 59.0. The number of aromatic nitrogens is 6. The van der Waals surface area contributed by atoms with Crippen LogP contribution in [0.3, 0.4) is 0 Å². The minimum Gasteiger partial charge on any atom is -0.481 e. The number of aromatic amines is 1. The van der Waals surface area contributed by atoms with Crippen LogP contribution in [0.25, 0.3) is 0 Å². The quantitative estimate of drug-likeness (QED) is 0.0479. The van der Waals surface area contributed by atoms with Crippen LogP contribution in [-0.2, 0) is 63.6 Å². The molecule has 0 spiro atoms. The number of ether oxygens (including phenoxy) is 1. The minimum absolute atomic E-state index is 0.0170. The van der Waals surface area contributed by atoms with Gasteiger partial charge in [-0.1, -0.05) is 65.6 Å². The van der Waals surface area contributed by atoms with Crippen LogP contribution in [0.15, 0.2) is 61.2 Å². The van der Waals surface area contributed by atoms with Gasteiger partial charge in [-0.05, 0) is 94.9 Å². The Morgan fingerprint density at radius 2 is 1.08 bits per heavy atom. The molecule has 0 atom stereocenters. The molecule has 29 heteroatoms. The maximum absolute atomic E-state index is 13.0. The molecule has 0 bridgehead atoms. The Kier molecular flexibility index (Phi) is 24.6. The molecule has 1 amide bonds. The maximum Gasteiger partial charge on any atom is 0.436 e. The standard InChI is InChI=1S/C20H22ClF4N3O2.C12H16FNO.C8H8ClF3N2O2.C5H4ClF3N2.C4H6O2/c1-13-17(21)18(20(23,24)25)26-28(13)9-6-16(29)27-10-7-19(30,8-11-27)12-14-2-4-15(22)5-3-14;13-11-3-1-10(2-4-11)9-12(15)5-7-14-8-6-12;1-4-6(9)7(8(10,11)12)13-14(4)3-2-5(15)16;1-2-3(6)4(11-10-2)5(7,8)9;1-3-4(5)6-2/h2-5,30H,6-12H2,1H3;1-4,14-15H,5-9H2;2-3H2,1H3,(H,15,16);1H3,(H,10,11);3H,1H2,2H3. The van der Waals surface area contributed by atoms with Gasteiger partial charge in [0.15, 0.2) is 17.1 Å². The number of aliphatic hydroxyl groups is 2. The van der Waals surface area contributed by atoms with Crippen molar-refractivity contribution in [1.82, 2.24) is 40.0 Å². The highest BCUT2D eigenvalue weighted by Crippen LogP contribution is 2.37. The van der Waals surface area contributed by atoms with Crippen molar-refractivity contribution in [2.45, 2.75) is 115 Å². The number of methoxy groups -OCH3 is 1. The third-order valence-corrected chi connectivity index (χ3v) is 13.2. The lowest BCUT2D eigenvalue weighted by molar-refractivity contribution is -0.142. The van der Waals surface area contributed by atoms with Crippen LogP contribution in [0.5, 0.6) is 0 Å². The first kappa shape index (κ1) is 66.5. The summed E-state index contributed by atoms with van der Waals surface area (Å²) in [6.45, 7) is 9.59. The number of hydrogen-bond donors (Lipinski definition) is 5. The molecule has 2 aliphatic rings. The van der Waals surface area contributed by atoms with Crippen LogP contribution >= 0.6 is 34.8 Å². The van der Waals surface area contributed by atoms with Gasteiger partial charge >= 0.3 is 30.5 Å². The van der Waals surface area contributed by atoms with Gasteiger partial charge < -0.3 is 30.3 Å². The van der Waals surface area contributed by atoms with Gasteiger partial charge in [0.25, 0.3) is 0 Å². The summed E-state index contributed by atoms with van der Waals surface area (Å²) in [5.74, 6) is -2.30. The van der Waals surface area contributed by atoms with Gasteiger partial charge in [0.05, 0.1) is 70.0 Å². The Hall–Kier alpha value is -5.80. The fraction of sp³-hybridized carbons (Fsp3) is 0.469. The first-order valence-corrected chi connectivity index (χ1v) is 24.5. The fourth-order valence-electron chi connectivity index (χ4n) is 7.48. The van der Waals surface area contributed by atoms with E-state index in [-0.39, 0.29) is 65.6 Å². The van der Waals surface area contributed by atoms with Gasteiger partial charge in [-0.2, -0.15) is 54.8 Å². The molecule has 432 valence electrons. The Morgan fingerprint density at radius 1 is 0.679 bits per heavy atom. The fourth-order valence-corrected chi connectivity index (χ4v) is 8.15. The highest BCUT2D eigenvalue weighted by atomic mass is 35.5. The van der Waals surface area contributed by atoms with Gasteiger partial charge in [0.1, 0.15) is 11.6 Å². The molecule has 3 aromatic heterocycles. The molecule has 2 aliphatic heterocycles. The number of alkyl halides is 9. The van der Waals surface area contributed by atoms with E-state index in [2.05, 4.69) is 37.0 Å². The number of nitrogens with zero attached hydrogens (tertiary/aromatic N) is 6. The molecule has 0 unspecified atom stereocenters. The number of H-pyrrole nitrogens is 1. The molecule has 0 aliphatic carbocycles. The molecule has 2 saturated heterocycles. The molecule has 7 rings (SSSR count). The molecule has 0 radical (unpaired) electrons. The Balaban J connectivity index is 0.000000282. The van der Waals surface area contributed by atoms with Crippen LogP contribution in [-0.4, -0.2) is 112 Å². The first-order valence-electron chi connectivity index (χ1n) is 23.4. The lowest BCUT2D eigenvalue weighted by atomic mass is 9.85. The molecular formula is C49H56Cl3F11N8O7. The third kappa shape index (κ3) is 20.8. The maximum atomic E-state index is 13.0. The topological polar surface area (TPSA) is 201 Å². The third-order valence-electron chi connectivity index (χ3n) is 11.9. The number of benzene rings is 2. The highest BCUT2D eigenvalue weighted by Gasteiger charge is 2.40. The van der Waals surface area contributed by atoms with Gasteiger partial charge in [-0.3, -0.25) is 24.1 Å². The summed E-state index contributed by atoms with van der Waals surface area (Å²) in [6.07, 6.45) is -9.73. The number of hydrogen-bond acceptors (Lipinski definition) is 10. The van der Waals surface area contributed by atoms with Gasteiger partial charge in [-0.15, -0.1) is 0 Å². The summed E-state index contributed by atoms with van der Waals surface area (Å²) in [6, 6.07) is 12.3. The average Bonchev–Trinajstić information content (AvgIpc) is 3.98. The molecule has 2 aromatic carbocycles. The Bertz CT molecular complexity index is 2750. The number of aliphatic carboxylic acids is 1.